The fourth-order valence-corrected chi connectivity index (χ4v) is 4.20. The van der Waals surface area contributed by atoms with Crippen LogP contribution in [0, 0.1) is 5.92 Å². The number of carbonyl (C=O) groups is 2. The van der Waals surface area contributed by atoms with E-state index in [1.54, 1.807) is 6.92 Å². The van der Waals surface area contributed by atoms with E-state index in [-0.39, 0.29) is 24.7 Å². The van der Waals surface area contributed by atoms with Crippen LogP contribution in [0.1, 0.15) is 39.0 Å². The van der Waals surface area contributed by atoms with Gasteiger partial charge in [-0.1, -0.05) is 13.3 Å². The molecule has 2 fully saturated rings. The van der Waals surface area contributed by atoms with Crippen LogP contribution >= 0.6 is 11.8 Å². The van der Waals surface area contributed by atoms with Crippen LogP contribution < -0.4 is 5.32 Å². The number of alkyl halides is 3. The SMILES string of the molecule is CCC(=O)N1CSC[C@@H]1C(=O)N[C@H]1CCC[C@H](C(F)(F)F)C1. The molecule has 0 bridgehead atoms. The molecule has 0 spiro atoms. The van der Waals surface area contributed by atoms with Crippen LogP contribution in [0.15, 0.2) is 0 Å². The smallest absolute Gasteiger partial charge is 0.352 e. The summed E-state index contributed by atoms with van der Waals surface area (Å²) in [5.74, 6) is -0.771. The zero-order valence-corrected chi connectivity index (χ0v) is 13.3. The summed E-state index contributed by atoms with van der Waals surface area (Å²) >= 11 is 1.49. The third kappa shape index (κ3) is 4.08. The lowest BCUT2D eigenvalue weighted by molar-refractivity contribution is -0.184. The lowest BCUT2D eigenvalue weighted by Crippen LogP contribution is -2.51. The fourth-order valence-electron chi connectivity index (χ4n) is 3.02. The van der Waals surface area contributed by atoms with Crippen LogP contribution in [-0.4, -0.2) is 46.6 Å². The maximum atomic E-state index is 12.8. The zero-order chi connectivity index (χ0) is 16.3. The molecule has 0 radical (unpaired) electrons. The quantitative estimate of drug-likeness (QED) is 0.860. The highest BCUT2D eigenvalue weighted by Gasteiger charge is 2.43. The van der Waals surface area contributed by atoms with E-state index in [9.17, 15) is 22.8 Å². The molecule has 0 aromatic rings. The number of carbonyl (C=O) groups excluding carboxylic acids is 2. The van der Waals surface area contributed by atoms with Crippen molar-refractivity contribution in [2.75, 3.05) is 11.6 Å². The molecule has 126 valence electrons. The summed E-state index contributed by atoms with van der Waals surface area (Å²) in [6, 6.07) is -0.999. The van der Waals surface area contributed by atoms with Gasteiger partial charge in [0.05, 0.1) is 11.8 Å². The van der Waals surface area contributed by atoms with Crippen molar-refractivity contribution >= 4 is 23.6 Å². The largest absolute Gasteiger partial charge is 0.391 e. The first-order valence-corrected chi connectivity index (χ1v) is 8.72. The molecule has 0 aromatic carbocycles. The number of hydrogen-bond donors (Lipinski definition) is 1. The molecule has 2 amide bonds. The van der Waals surface area contributed by atoms with Crippen molar-refractivity contribution in [3.63, 3.8) is 0 Å². The predicted molar refractivity (Wildman–Crippen MR) is 78.2 cm³/mol. The first kappa shape index (κ1) is 17.4. The number of rotatable bonds is 3. The predicted octanol–water partition coefficient (Wildman–Crippen LogP) is 2.54. The van der Waals surface area contributed by atoms with E-state index in [4.69, 9.17) is 0 Å². The van der Waals surface area contributed by atoms with Gasteiger partial charge in [-0.15, -0.1) is 11.8 Å². The number of amides is 2. The highest BCUT2D eigenvalue weighted by molar-refractivity contribution is 7.99. The first-order chi connectivity index (χ1) is 10.3. The topological polar surface area (TPSA) is 49.4 Å². The minimum absolute atomic E-state index is 0.0587. The van der Waals surface area contributed by atoms with Gasteiger partial charge in [-0.3, -0.25) is 9.59 Å². The maximum Gasteiger partial charge on any atom is 0.391 e. The Hall–Kier alpha value is -0.920. The normalized spacial score (nSPS) is 29.5. The van der Waals surface area contributed by atoms with Crippen molar-refractivity contribution < 1.29 is 22.8 Å². The Morgan fingerprint density at radius 3 is 2.68 bits per heavy atom. The first-order valence-electron chi connectivity index (χ1n) is 7.57. The van der Waals surface area contributed by atoms with Crippen LogP contribution in [-0.2, 0) is 9.59 Å². The second-order valence-corrected chi connectivity index (χ2v) is 6.84. The summed E-state index contributed by atoms with van der Waals surface area (Å²) in [4.78, 5) is 25.6. The van der Waals surface area contributed by atoms with E-state index in [1.807, 2.05) is 0 Å². The molecule has 1 heterocycles. The van der Waals surface area contributed by atoms with Gasteiger partial charge >= 0.3 is 6.18 Å². The van der Waals surface area contributed by atoms with Crippen molar-refractivity contribution in [1.82, 2.24) is 10.2 Å². The Kier molecular flexibility index (Phi) is 5.63. The third-order valence-corrected chi connectivity index (χ3v) is 5.30. The number of thioether (sulfide) groups is 1. The van der Waals surface area contributed by atoms with E-state index >= 15 is 0 Å². The summed E-state index contributed by atoms with van der Waals surface area (Å²) in [5.41, 5.74) is 0. The van der Waals surface area contributed by atoms with E-state index in [1.165, 1.54) is 16.7 Å². The van der Waals surface area contributed by atoms with Crippen LogP contribution in [0.2, 0.25) is 0 Å². The Morgan fingerprint density at radius 2 is 2.05 bits per heavy atom. The molecule has 1 saturated heterocycles. The zero-order valence-electron chi connectivity index (χ0n) is 12.5. The molecular formula is C14H21F3N2O2S. The van der Waals surface area contributed by atoms with Crippen molar-refractivity contribution in [2.45, 2.75) is 57.3 Å². The minimum Gasteiger partial charge on any atom is -0.352 e. The van der Waals surface area contributed by atoms with Crippen LogP contribution in [0.4, 0.5) is 13.2 Å². The van der Waals surface area contributed by atoms with Gasteiger partial charge in [-0.2, -0.15) is 13.2 Å². The standard InChI is InChI=1S/C14H21F3N2O2S/c1-2-12(20)19-8-22-7-11(19)13(21)18-10-5-3-4-9(6-10)14(15,16)17/h9-11H,2-8H2,1H3,(H,18,21)/t9-,10-,11+/m0/s1. The number of nitrogens with zero attached hydrogens (tertiary/aromatic N) is 1. The maximum absolute atomic E-state index is 12.8. The van der Waals surface area contributed by atoms with Crippen molar-refractivity contribution in [3.05, 3.63) is 0 Å². The molecule has 4 nitrogen and oxygen atoms in total. The van der Waals surface area contributed by atoms with Crippen LogP contribution in [0.25, 0.3) is 0 Å². The highest BCUT2D eigenvalue weighted by atomic mass is 32.2. The molecule has 22 heavy (non-hydrogen) atoms. The van der Waals surface area contributed by atoms with Gasteiger partial charge in [0.15, 0.2) is 0 Å². The second kappa shape index (κ2) is 7.10. The monoisotopic (exact) mass is 338 g/mol. The van der Waals surface area contributed by atoms with Gasteiger partial charge < -0.3 is 10.2 Å². The summed E-state index contributed by atoms with van der Waals surface area (Å²) in [6.45, 7) is 1.73. The minimum atomic E-state index is -4.20. The van der Waals surface area contributed by atoms with E-state index < -0.39 is 24.2 Å². The molecule has 1 aliphatic carbocycles. The lowest BCUT2D eigenvalue weighted by Gasteiger charge is -2.32. The average molecular weight is 338 g/mol. The van der Waals surface area contributed by atoms with Gasteiger partial charge in [0.2, 0.25) is 11.8 Å². The van der Waals surface area contributed by atoms with E-state index in [0.717, 1.165) is 0 Å². The number of halogens is 3. The van der Waals surface area contributed by atoms with Crippen molar-refractivity contribution in [3.8, 4) is 0 Å². The molecule has 1 N–H and O–H groups in total. The lowest BCUT2D eigenvalue weighted by atomic mass is 9.85. The van der Waals surface area contributed by atoms with Crippen molar-refractivity contribution in [1.29, 1.82) is 0 Å². The van der Waals surface area contributed by atoms with E-state index in [0.29, 0.717) is 30.9 Å². The molecule has 2 rings (SSSR count). The Bertz CT molecular complexity index is 431. The van der Waals surface area contributed by atoms with Crippen LogP contribution in [0.3, 0.4) is 0 Å². The molecule has 0 unspecified atom stereocenters. The van der Waals surface area contributed by atoms with Crippen molar-refractivity contribution in [2.24, 2.45) is 5.92 Å². The summed E-state index contributed by atoms with van der Waals surface area (Å²) in [6.07, 6.45) is -2.76. The number of hydrogen-bond acceptors (Lipinski definition) is 3. The van der Waals surface area contributed by atoms with Gasteiger partial charge in [-0.25, -0.2) is 0 Å². The Labute approximate surface area is 132 Å². The fraction of sp³-hybridized carbons (Fsp3) is 0.857. The summed E-state index contributed by atoms with van der Waals surface area (Å²) < 4.78 is 38.4. The molecular weight excluding hydrogens is 317 g/mol. The average Bonchev–Trinajstić information content (AvgIpc) is 2.95. The molecule has 1 saturated carbocycles. The molecule has 0 aromatic heterocycles. The second-order valence-electron chi connectivity index (χ2n) is 5.84. The molecule has 3 atom stereocenters. The highest BCUT2D eigenvalue weighted by Crippen LogP contribution is 2.37. The van der Waals surface area contributed by atoms with Crippen LogP contribution in [0.5, 0.6) is 0 Å². The van der Waals surface area contributed by atoms with Gasteiger partial charge in [0, 0.05) is 18.2 Å². The molecule has 8 heteroatoms. The molecule has 2 aliphatic rings. The van der Waals surface area contributed by atoms with E-state index in [2.05, 4.69) is 5.32 Å². The van der Waals surface area contributed by atoms with Gasteiger partial charge in [-0.05, 0) is 19.3 Å². The van der Waals surface area contributed by atoms with Gasteiger partial charge in [0.25, 0.3) is 0 Å². The Balaban J connectivity index is 1.92. The third-order valence-electron chi connectivity index (χ3n) is 4.29. The number of nitrogens with one attached hydrogen (secondary N) is 1. The molecule has 1 aliphatic heterocycles. The van der Waals surface area contributed by atoms with Gasteiger partial charge in [0.1, 0.15) is 6.04 Å². The summed E-state index contributed by atoms with van der Waals surface area (Å²) in [7, 11) is 0. The Morgan fingerprint density at radius 1 is 1.32 bits per heavy atom. The summed E-state index contributed by atoms with van der Waals surface area (Å²) in [5, 5.41) is 2.73.